The Morgan fingerprint density at radius 3 is 2.86 bits per heavy atom. The van der Waals surface area contributed by atoms with Crippen LogP contribution in [0.1, 0.15) is 17.0 Å². The monoisotopic (exact) mass is 193 g/mol. The van der Waals surface area contributed by atoms with Gasteiger partial charge >= 0.3 is 5.69 Å². The number of nitrogens with zero attached hydrogens (tertiary/aromatic N) is 2. The fourth-order valence-corrected chi connectivity index (χ4v) is 1.37. The van der Waals surface area contributed by atoms with Crippen LogP contribution in [0, 0.1) is 13.8 Å². The highest BCUT2D eigenvalue weighted by Crippen LogP contribution is 2.12. The van der Waals surface area contributed by atoms with Gasteiger partial charge in [0.1, 0.15) is 5.76 Å². The zero-order valence-electron chi connectivity index (χ0n) is 8.07. The Kier molecular flexibility index (Phi) is 1.99. The molecule has 5 heteroatoms. The molecule has 2 aromatic heterocycles. The lowest BCUT2D eigenvalue weighted by molar-refractivity contribution is 0.392. The molecule has 2 rings (SSSR count). The molecule has 74 valence electrons. The summed E-state index contributed by atoms with van der Waals surface area (Å²) in [6.45, 7) is 4.21. The third-order valence-corrected chi connectivity index (χ3v) is 2.23. The fraction of sp³-hybridized carbons (Fsp3) is 0.333. The first kappa shape index (κ1) is 8.80. The van der Waals surface area contributed by atoms with E-state index in [2.05, 4.69) is 10.1 Å². The molecule has 0 atom stereocenters. The van der Waals surface area contributed by atoms with Crippen LogP contribution < -0.4 is 5.69 Å². The van der Waals surface area contributed by atoms with Crippen LogP contribution in [0.5, 0.6) is 0 Å². The van der Waals surface area contributed by atoms with Crippen LogP contribution >= 0.6 is 0 Å². The van der Waals surface area contributed by atoms with E-state index in [-0.39, 0.29) is 5.69 Å². The van der Waals surface area contributed by atoms with Crippen molar-refractivity contribution >= 4 is 0 Å². The molecule has 0 aliphatic heterocycles. The molecular weight excluding hydrogens is 182 g/mol. The van der Waals surface area contributed by atoms with Crippen molar-refractivity contribution in [2.24, 2.45) is 0 Å². The Balaban J connectivity index is 2.36. The number of rotatable bonds is 2. The van der Waals surface area contributed by atoms with Crippen molar-refractivity contribution in [1.29, 1.82) is 0 Å². The van der Waals surface area contributed by atoms with Gasteiger partial charge in [0.05, 0.1) is 12.2 Å². The average molecular weight is 193 g/mol. The lowest BCUT2D eigenvalue weighted by atomic mass is 10.2. The lowest BCUT2D eigenvalue weighted by Crippen LogP contribution is -2.17. The van der Waals surface area contributed by atoms with E-state index in [1.54, 1.807) is 17.0 Å². The van der Waals surface area contributed by atoms with Crippen molar-refractivity contribution in [3.8, 4) is 0 Å². The molecule has 0 amide bonds. The van der Waals surface area contributed by atoms with Crippen molar-refractivity contribution in [3.63, 3.8) is 0 Å². The summed E-state index contributed by atoms with van der Waals surface area (Å²) in [7, 11) is 0. The maximum absolute atomic E-state index is 11.2. The Morgan fingerprint density at radius 2 is 2.36 bits per heavy atom. The summed E-state index contributed by atoms with van der Waals surface area (Å²) < 4.78 is 6.58. The van der Waals surface area contributed by atoms with Crippen LogP contribution in [0.25, 0.3) is 0 Å². The average Bonchev–Trinajstić information content (AvgIpc) is 2.67. The second-order valence-corrected chi connectivity index (χ2v) is 3.20. The van der Waals surface area contributed by atoms with E-state index >= 15 is 0 Å². The van der Waals surface area contributed by atoms with E-state index in [1.807, 2.05) is 13.8 Å². The molecule has 2 heterocycles. The van der Waals surface area contributed by atoms with Gasteiger partial charge in [-0.05, 0) is 13.8 Å². The maximum atomic E-state index is 11.2. The topological polar surface area (TPSA) is 63.8 Å². The zero-order chi connectivity index (χ0) is 10.1. The van der Waals surface area contributed by atoms with Crippen molar-refractivity contribution < 1.29 is 4.52 Å². The second kappa shape index (κ2) is 3.17. The SMILES string of the molecule is Cc1noc(C)c1Cn1cc[nH]c1=O. The summed E-state index contributed by atoms with van der Waals surface area (Å²) in [5.74, 6) is 0.760. The molecule has 0 saturated carbocycles. The Hall–Kier alpha value is -1.78. The molecule has 0 fully saturated rings. The Morgan fingerprint density at radius 1 is 1.57 bits per heavy atom. The van der Waals surface area contributed by atoms with Gasteiger partial charge in [-0.15, -0.1) is 0 Å². The predicted octanol–water partition coefficient (Wildman–Crippen LogP) is 0.830. The van der Waals surface area contributed by atoms with Gasteiger partial charge in [-0.2, -0.15) is 0 Å². The van der Waals surface area contributed by atoms with E-state index in [0.717, 1.165) is 17.0 Å². The smallest absolute Gasteiger partial charge is 0.325 e. The van der Waals surface area contributed by atoms with Gasteiger partial charge < -0.3 is 9.51 Å². The molecule has 0 saturated heterocycles. The third kappa shape index (κ3) is 1.37. The number of aromatic amines is 1. The van der Waals surface area contributed by atoms with Crippen molar-refractivity contribution in [2.45, 2.75) is 20.4 Å². The molecule has 0 bridgehead atoms. The number of hydrogen-bond acceptors (Lipinski definition) is 3. The summed E-state index contributed by atoms with van der Waals surface area (Å²) in [5.41, 5.74) is 1.67. The van der Waals surface area contributed by atoms with Crippen LogP contribution in [-0.2, 0) is 6.54 Å². The molecule has 0 aliphatic rings. The van der Waals surface area contributed by atoms with E-state index < -0.39 is 0 Å². The summed E-state index contributed by atoms with van der Waals surface area (Å²) in [4.78, 5) is 13.8. The van der Waals surface area contributed by atoms with Crippen molar-refractivity contribution in [1.82, 2.24) is 14.7 Å². The number of aryl methyl sites for hydroxylation is 2. The number of hydrogen-bond donors (Lipinski definition) is 1. The van der Waals surface area contributed by atoms with Crippen LogP contribution in [0.4, 0.5) is 0 Å². The molecule has 0 radical (unpaired) electrons. The molecule has 5 nitrogen and oxygen atoms in total. The highest BCUT2D eigenvalue weighted by Gasteiger charge is 2.09. The summed E-state index contributed by atoms with van der Waals surface area (Å²) in [6, 6.07) is 0. The highest BCUT2D eigenvalue weighted by atomic mass is 16.5. The first-order chi connectivity index (χ1) is 6.68. The van der Waals surface area contributed by atoms with Crippen molar-refractivity contribution in [2.75, 3.05) is 0 Å². The number of H-pyrrole nitrogens is 1. The van der Waals surface area contributed by atoms with Gasteiger partial charge in [-0.25, -0.2) is 4.79 Å². The number of aromatic nitrogens is 3. The summed E-state index contributed by atoms with van der Waals surface area (Å²) in [5, 5.41) is 3.83. The minimum atomic E-state index is -0.120. The normalized spacial score (nSPS) is 10.7. The second-order valence-electron chi connectivity index (χ2n) is 3.20. The minimum absolute atomic E-state index is 0.120. The van der Waals surface area contributed by atoms with Crippen LogP contribution in [0.2, 0.25) is 0 Å². The summed E-state index contributed by atoms with van der Waals surface area (Å²) >= 11 is 0. The molecule has 0 spiro atoms. The predicted molar refractivity (Wildman–Crippen MR) is 50.1 cm³/mol. The molecule has 0 unspecified atom stereocenters. The quantitative estimate of drug-likeness (QED) is 0.768. The van der Waals surface area contributed by atoms with Crippen molar-refractivity contribution in [3.05, 3.63) is 39.9 Å². The van der Waals surface area contributed by atoms with E-state index in [9.17, 15) is 4.79 Å². The summed E-state index contributed by atoms with van der Waals surface area (Å²) in [6.07, 6.45) is 3.31. The Bertz CT molecular complexity index is 473. The maximum Gasteiger partial charge on any atom is 0.325 e. The van der Waals surface area contributed by atoms with Gasteiger partial charge in [0.15, 0.2) is 0 Å². The van der Waals surface area contributed by atoms with E-state index in [4.69, 9.17) is 4.52 Å². The molecule has 14 heavy (non-hydrogen) atoms. The minimum Gasteiger partial charge on any atom is -0.361 e. The standard InChI is InChI=1S/C9H11N3O2/c1-6-8(7(2)14-11-6)5-12-4-3-10-9(12)13/h3-4H,5H2,1-2H3,(H,10,13). The molecule has 2 aromatic rings. The van der Waals surface area contributed by atoms with E-state index in [0.29, 0.717) is 6.54 Å². The van der Waals surface area contributed by atoms with Gasteiger partial charge in [-0.3, -0.25) is 4.57 Å². The highest BCUT2D eigenvalue weighted by molar-refractivity contribution is 5.20. The van der Waals surface area contributed by atoms with Crippen LogP contribution in [-0.4, -0.2) is 14.7 Å². The van der Waals surface area contributed by atoms with Gasteiger partial charge in [0.25, 0.3) is 0 Å². The first-order valence-corrected chi connectivity index (χ1v) is 4.34. The Labute approximate surface area is 80.3 Å². The first-order valence-electron chi connectivity index (χ1n) is 4.34. The molecule has 1 N–H and O–H groups in total. The molecule has 0 aromatic carbocycles. The fourth-order valence-electron chi connectivity index (χ4n) is 1.37. The number of imidazole rings is 1. The third-order valence-electron chi connectivity index (χ3n) is 2.23. The largest absolute Gasteiger partial charge is 0.361 e. The zero-order valence-corrected chi connectivity index (χ0v) is 8.07. The van der Waals surface area contributed by atoms with E-state index in [1.165, 1.54) is 0 Å². The van der Waals surface area contributed by atoms with Gasteiger partial charge in [0, 0.05) is 18.0 Å². The van der Waals surface area contributed by atoms with Gasteiger partial charge in [-0.1, -0.05) is 5.16 Å². The molecular formula is C9H11N3O2. The molecule has 0 aliphatic carbocycles. The van der Waals surface area contributed by atoms with Crippen LogP contribution in [0.3, 0.4) is 0 Å². The lowest BCUT2D eigenvalue weighted by Gasteiger charge is -1.99. The number of nitrogens with one attached hydrogen (secondary N) is 1. The van der Waals surface area contributed by atoms with Crippen LogP contribution in [0.15, 0.2) is 21.7 Å². The van der Waals surface area contributed by atoms with Gasteiger partial charge in [0.2, 0.25) is 0 Å².